The van der Waals surface area contributed by atoms with Gasteiger partial charge in [-0.2, -0.15) is 36.1 Å². The Balaban J connectivity index is 1.03. The van der Waals surface area contributed by atoms with Gasteiger partial charge in [0.05, 0.1) is 11.8 Å². The van der Waals surface area contributed by atoms with Crippen LogP contribution in [0.4, 0.5) is 24.9 Å². The molecule has 0 radical (unpaired) electrons. The van der Waals surface area contributed by atoms with Gasteiger partial charge in [0.1, 0.15) is 22.4 Å². The van der Waals surface area contributed by atoms with Crippen molar-refractivity contribution in [2.24, 2.45) is 5.41 Å². The van der Waals surface area contributed by atoms with Gasteiger partial charge in [-0.3, -0.25) is 9.80 Å². The highest BCUT2D eigenvalue weighted by Gasteiger charge is 2.44. The van der Waals surface area contributed by atoms with Crippen LogP contribution in [0.3, 0.4) is 0 Å². The van der Waals surface area contributed by atoms with Crippen LogP contribution in [0.5, 0.6) is 0 Å². The first-order valence-corrected chi connectivity index (χ1v) is 20.5. The molecule has 3 fully saturated rings. The lowest BCUT2D eigenvalue weighted by Crippen LogP contribution is -2.54. The lowest BCUT2D eigenvalue weighted by atomic mass is 9.86. The van der Waals surface area contributed by atoms with E-state index >= 15 is 0 Å². The van der Waals surface area contributed by atoms with Crippen LogP contribution >= 0.6 is 11.3 Å². The smallest absolute Gasteiger partial charge is 0.357 e. The molecule has 3 aliphatic rings. The summed E-state index contributed by atoms with van der Waals surface area (Å²) >= 11 is 1.08. The lowest BCUT2D eigenvalue weighted by molar-refractivity contribution is -0.126. The van der Waals surface area contributed by atoms with Gasteiger partial charge < -0.3 is 14.8 Å². The van der Waals surface area contributed by atoms with Gasteiger partial charge in [-0.1, -0.05) is 13.0 Å². The Morgan fingerprint density at radius 3 is 2.51 bits per heavy atom. The third kappa shape index (κ3) is 7.72. The Bertz CT molecular complexity index is 2140. The SMILES string of the molecule is CCNS(=O)(=O)N1CCN([C@@H](C)Cn2c(C#N)cc3c(C)c(CN4CCC5(CCN(c6nc(NC)nc7sc(CC(F)(F)F)cc67)C5)C4)ccc32)CC1. The molecule has 7 rings (SSSR count). The number of hydrogen-bond acceptors (Lipinski definition) is 10. The second kappa shape index (κ2) is 14.6. The monoisotopic (exact) mass is 772 g/mol. The number of fused-ring (bicyclic) bond motifs is 2. The molecule has 3 aliphatic heterocycles. The average Bonchev–Trinajstić information content (AvgIpc) is 3.90. The predicted octanol–water partition coefficient (Wildman–Crippen LogP) is 4.94. The van der Waals surface area contributed by atoms with E-state index in [1.807, 2.05) is 6.07 Å². The minimum absolute atomic E-state index is 0.0650. The highest BCUT2D eigenvalue weighted by molar-refractivity contribution is 7.87. The van der Waals surface area contributed by atoms with Crippen molar-refractivity contribution in [2.45, 2.75) is 65.3 Å². The summed E-state index contributed by atoms with van der Waals surface area (Å²) in [5, 5.41) is 14.9. The zero-order chi connectivity index (χ0) is 37.7. The molecule has 1 unspecified atom stereocenters. The van der Waals surface area contributed by atoms with E-state index in [0.717, 1.165) is 73.4 Å². The summed E-state index contributed by atoms with van der Waals surface area (Å²) in [6.45, 7) is 13.4. The zero-order valence-corrected chi connectivity index (χ0v) is 32.3. The normalized spacial score (nSPS) is 21.4. The molecule has 6 heterocycles. The Hall–Kier alpha value is -3.53. The van der Waals surface area contributed by atoms with Crippen LogP contribution in [0.1, 0.15) is 48.4 Å². The number of halogens is 3. The van der Waals surface area contributed by atoms with Gasteiger partial charge in [-0.15, -0.1) is 11.3 Å². The molecule has 1 spiro atoms. The van der Waals surface area contributed by atoms with Gasteiger partial charge >= 0.3 is 6.18 Å². The molecule has 0 aliphatic carbocycles. The van der Waals surface area contributed by atoms with E-state index in [0.29, 0.717) is 66.9 Å². The summed E-state index contributed by atoms with van der Waals surface area (Å²) in [6, 6.07) is 10.4. The number of benzene rings is 1. The summed E-state index contributed by atoms with van der Waals surface area (Å²) in [7, 11) is -1.74. The van der Waals surface area contributed by atoms with Crippen molar-refractivity contribution >= 4 is 54.4 Å². The number of hydrogen-bond donors (Lipinski definition) is 2. The number of piperazine rings is 1. The lowest BCUT2D eigenvalue weighted by Gasteiger charge is -2.37. The molecule has 2 N–H and O–H groups in total. The third-order valence-corrected chi connectivity index (χ3v) is 14.0. The molecule has 0 saturated carbocycles. The van der Waals surface area contributed by atoms with E-state index in [-0.39, 0.29) is 16.3 Å². The zero-order valence-electron chi connectivity index (χ0n) is 30.6. The number of nitrogens with zero attached hydrogens (tertiary/aromatic N) is 8. The number of alkyl halides is 3. The molecular weight excluding hydrogens is 726 g/mol. The first-order chi connectivity index (χ1) is 25.2. The maximum atomic E-state index is 13.2. The minimum Gasteiger partial charge on any atom is -0.357 e. The number of aryl methyl sites for hydroxylation is 1. The van der Waals surface area contributed by atoms with Gasteiger partial charge in [0, 0.05) is 99.7 Å². The molecule has 3 saturated heterocycles. The predicted molar refractivity (Wildman–Crippen MR) is 202 cm³/mol. The maximum absolute atomic E-state index is 13.2. The number of anilines is 2. The van der Waals surface area contributed by atoms with E-state index in [1.54, 1.807) is 20.0 Å². The molecule has 3 aromatic heterocycles. The Morgan fingerprint density at radius 2 is 1.81 bits per heavy atom. The fourth-order valence-corrected chi connectivity index (χ4v) is 10.7. The Kier molecular flexibility index (Phi) is 10.4. The highest BCUT2D eigenvalue weighted by Crippen LogP contribution is 2.44. The topological polar surface area (TPSA) is 126 Å². The van der Waals surface area contributed by atoms with Crippen LogP contribution in [0, 0.1) is 23.7 Å². The van der Waals surface area contributed by atoms with Crippen molar-refractivity contribution < 1.29 is 21.6 Å². The molecule has 53 heavy (non-hydrogen) atoms. The summed E-state index contributed by atoms with van der Waals surface area (Å²) in [6.07, 6.45) is -3.25. The fourth-order valence-electron chi connectivity index (χ4n) is 8.47. The summed E-state index contributed by atoms with van der Waals surface area (Å²) in [5.41, 5.74) is 4.09. The van der Waals surface area contributed by atoms with E-state index in [9.17, 15) is 26.9 Å². The molecule has 12 nitrogen and oxygen atoms in total. The number of likely N-dealkylation sites (tertiary alicyclic amines) is 1. The molecule has 286 valence electrons. The summed E-state index contributed by atoms with van der Waals surface area (Å²) in [4.78, 5) is 17.0. The summed E-state index contributed by atoms with van der Waals surface area (Å²) < 4.78 is 70.8. The second-order valence-corrected chi connectivity index (χ2v) is 17.7. The second-order valence-electron chi connectivity index (χ2n) is 14.8. The maximum Gasteiger partial charge on any atom is 0.393 e. The number of nitriles is 1. The van der Waals surface area contributed by atoms with Crippen molar-refractivity contribution in [3.8, 4) is 6.07 Å². The first-order valence-electron chi connectivity index (χ1n) is 18.2. The quantitative estimate of drug-likeness (QED) is 0.218. The van der Waals surface area contributed by atoms with Gasteiger partial charge in [0.25, 0.3) is 10.2 Å². The van der Waals surface area contributed by atoms with Gasteiger partial charge in [0.2, 0.25) is 5.95 Å². The number of aromatic nitrogens is 3. The van der Waals surface area contributed by atoms with E-state index in [2.05, 4.69) is 66.3 Å². The molecule has 2 atom stereocenters. The molecule has 0 bridgehead atoms. The van der Waals surface area contributed by atoms with Crippen LogP contribution in [0.25, 0.3) is 21.1 Å². The minimum atomic E-state index is -4.28. The molecule has 17 heteroatoms. The number of rotatable bonds is 11. The standard InChI is InChI=1S/C36H47F3N10O2S2/c1-5-42-53(50,51)48-14-12-46(13-15-48)24(2)20-49-27(19-40)16-29-25(3)26(6-7-31(29)49)21-45-10-8-35(22-45)9-11-47(23-35)32-30-17-28(18-36(37,38)39)52-33(30)44-34(41-4)43-32/h6-7,16-17,24,42H,5,8-15,18,20-23H2,1-4H3,(H,41,43,44)/t24-,35?/m0/s1. The molecular formula is C36H47F3N10O2S2. The Morgan fingerprint density at radius 1 is 1.06 bits per heavy atom. The van der Waals surface area contributed by atoms with Crippen molar-refractivity contribution in [2.75, 3.05) is 76.2 Å². The van der Waals surface area contributed by atoms with Gasteiger partial charge in [0.15, 0.2) is 0 Å². The summed E-state index contributed by atoms with van der Waals surface area (Å²) in [5.74, 6) is 1.11. The number of nitrogens with one attached hydrogen (secondary N) is 2. The Labute approximate surface area is 312 Å². The first kappa shape index (κ1) is 37.8. The van der Waals surface area contributed by atoms with Gasteiger partial charge in [-0.25, -0.2) is 9.71 Å². The van der Waals surface area contributed by atoms with Crippen LogP contribution in [-0.2, 0) is 29.7 Å². The molecule has 1 aromatic carbocycles. The van der Waals surface area contributed by atoms with Crippen LogP contribution in [-0.4, -0.2) is 115 Å². The molecule has 0 amide bonds. The average molecular weight is 773 g/mol. The van der Waals surface area contributed by atoms with E-state index < -0.39 is 22.8 Å². The van der Waals surface area contributed by atoms with Crippen LogP contribution < -0.4 is 14.9 Å². The largest absolute Gasteiger partial charge is 0.393 e. The van der Waals surface area contributed by atoms with Crippen LogP contribution in [0.2, 0.25) is 0 Å². The van der Waals surface area contributed by atoms with Crippen molar-refractivity contribution in [1.82, 2.24) is 33.4 Å². The fraction of sp³-hybridized carbons (Fsp3) is 0.583. The highest BCUT2D eigenvalue weighted by atomic mass is 32.2. The van der Waals surface area contributed by atoms with Crippen molar-refractivity contribution in [1.29, 1.82) is 5.26 Å². The van der Waals surface area contributed by atoms with E-state index in [4.69, 9.17) is 4.98 Å². The third-order valence-electron chi connectivity index (χ3n) is 11.3. The number of thiophene rings is 1. The van der Waals surface area contributed by atoms with Gasteiger partial charge in [-0.05, 0) is 62.6 Å². The van der Waals surface area contributed by atoms with E-state index in [1.165, 1.54) is 9.87 Å². The van der Waals surface area contributed by atoms with Crippen molar-refractivity contribution in [3.05, 3.63) is 46.0 Å². The molecule has 4 aromatic rings. The van der Waals surface area contributed by atoms with Crippen molar-refractivity contribution in [3.63, 3.8) is 0 Å². The van der Waals surface area contributed by atoms with Crippen LogP contribution in [0.15, 0.2) is 24.3 Å².